The average molecular weight is 687 g/mol. The van der Waals surface area contributed by atoms with E-state index < -0.39 is 44.2 Å². The highest BCUT2D eigenvalue weighted by Gasteiger charge is 2.37. The van der Waals surface area contributed by atoms with E-state index in [0.717, 1.165) is 23.5 Å². The number of benzene rings is 3. The van der Waals surface area contributed by atoms with Crippen LogP contribution in [0.4, 0.5) is 16.2 Å². The van der Waals surface area contributed by atoms with E-state index in [-0.39, 0.29) is 28.4 Å². The van der Waals surface area contributed by atoms with Crippen LogP contribution in [0.2, 0.25) is 0 Å². The van der Waals surface area contributed by atoms with E-state index in [1.54, 1.807) is 26.8 Å². The molecule has 0 saturated heterocycles. The van der Waals surface area contributed by atoms with Gasteiger partial charge in [-0.25, -0.2) is 18.6 Å². The van der Waals surface area contributed by atoms with Crippen molar-refractivity contribution in [3.63, 3.8) is 0 Å². The summed E-state index contributed by atoms with van der Waals surface area (Å²) in [6.45, 7) is 6.24. The predicted octanol–water partition coefficient (Wildman–Crippen LogP) is 4.87. The van der Waals surface area contributed by atoms with Crippen LogP contribution in [0.15, 0.2) is 53.4 Å². The fourth-order valence-corrected chi connectivity index (χ4v) is 6.48. The Hall–Kier alpha value is -4.44. The van der Waals surface area contributed by atoms with Crippen molar-refractivity contribution < 1.29 is 32.4 Å². The molecule has 1 atom stereocenters. The van der Waals surface area contributed by atoms with Crippen LogP contribution in [0.25, 0.3) is 21.7 Å². The van der Waals surface area contributed by atoms with Crippen LogP contribution < -0.4 is 19.9 Å². The Morgan fingerprint density at radius 3 is 2.53 bits per heavy atom. The third kappa shape index (κ3) is 7.27. The SMILES string of the molecule is CN(C)CCOc1ccc2[nH]c(C(=O)N3CC(CCl)c4c3cc([N+](=O)[O-])c3cc(S(=O)(=O)NNC(=O)OC(C)(C)C)ccc43)cc2c1. The number of sulfonamides is 1. The van der Waals surface area contributed by atoms with E-state index in [4.69, 9.17) is 21.1 Å². The number of carbonyl (C=O) groups is 2. The van der Waals surface area contributed by atoms with E-state index in [2.05, 4.69) is 4.98 Å². The number of non-ortho nitro benzene ring substituents is 1. The van der Waals surface area contributed by atoms with Gasteiger partial charge in [-0.1, -0.05) is 6.07 Å². The van der Waals surface area contributed by atoms with Gasteiger partial charge >= 0.3 is 6.09 Å². The lowest BCUT2D eigenvalue weighted by molar-refractivity contribution is -0.383. The lowest BCUT2D eigenvalue weighted by atomic mass is 9.95. The Morgan fingerprint density at radius 1 is 1.13 bits per heavy atom. The second-order valence-corrected chi connectivity index (χ2v) is 14.4. The van der Waals surface area contributed by atoms with Crippen molar-refractivity contribution in [3.8, 4) is 5.75 Å². The highest BCUT2D eigenvalue weighted by atomic mass is 35.5. The number of anilines is 1. The fraction of sp³-hybridized carbons (Fsp3) is 0.355. The number of H-pyrrole nitrogens is 1. The summed E-state index contributed by atoms with van der Waals surface area (Å²) in [6, 6.07) is 12.3. The van der Waals surface area contributed by atoms with Crippen LogP contribution in [0, 0.1) is 10.1 Å². The number of aromatic nitrogens is 1. The Kier molecular flexibility index (Phi) is 9.37. The molecule has 1 unspecified atom stereocenters. The molecule has 250 valence electrons. The Balaban J connectivity index is 1.48. The van der Waals surface area contributed by atoms with E-state index in [9.17, 15) is 28.1 Å². The van der Waals surface area contributed by atoms with Crippen LogP contribution in [-0.2, 0) is 14.8 Å². The molecule has 3 aromatic carbocycles. The number of ether oxygens (including phenoxy) is 2. The number of aromatic amines is 1. The number of fused-ring (bicyclic) bond motifs is 4. The van der Waals surface area contributed by atoms with Crippen molar-refractivity contribution >= 4 is 66.7 Å². The van der Waals surface area contributed by atoms with Gasteiger partial charge in [0.25, 0.3) is 21.6 Å². The molecule has 0 spiro atoms. The third-order valence-corrected chi connectivity index (χ3v) is 9.08. The quantitative estimate of drug-likeness (QED) is 0.119. The summed E-state index contributed by atoms with van der Waals surface area (Å²) in [5.74, 6) is -0.0407. The van der Waals surface area contributed by atoms with Gasteiger partial charge in [0.15, 0.2) is 0 Å². The molecule has 2 heterocycles. The molecular formula is C31H35ClN6O8S. The number of halogens is 1. The normalized spacial score (nSPS) is 14.9. The summed E-state index contributed by atoms with van der Waals surface area (Å²) in [5.41, 5.74) is 2.60. The number of nitrogens with zero attached hydrogens (tertiary/aromatic N) is 3. The maximum absolute atomic E-state index is 13.9. The Morgan fingerprint density at radius 2 is 1.87 bits per heavy atom. The lowest BCUT2D eigenvalue weighted by Gasteiger charge is -2.20. The van der Waals surface area contributed by atoms with Gasteiger partial charge < -0.3 is 24.3 Å². The van der Waals surface area contributed by atoms with Crippen molar-refractivity contribution in [2.75, 3.05) is 44.6 Å². The number of nitro groups is 1. The minimum Gasteiger partial charge on any atom is -0.492 e. The number of carbonyl (C=O) groups excluding carboxylic acids is 2. The highest BCUT2D eigenvalue weighted by molar-refractivity contribution is 7.89. The Labute approximate surface area is 276 Å². The largest absolute Gasteiger partial charge is 0.492 e. The van der Waals surface area contributed by atoms with Crippen LogP contribution in [0.5, 0.6) is 5.75 Å². The molecular weight excluding hydrogens is 652 g/mol. The average Bonchev–Trinajstić information content (AvgIpc) is 3.59. The summed E-state index contributed by atoms with van der Waals surface area (Å²) >= 11 is 6.36. The molecule has 47 heavy (non-hydrogen) atoms. The number of likely N-dealkylation sites (N-methyl/N-ethyl adjacent to an activating group) is 1. The standard InChI is InChI=1S/C31H35ClN6O8S/c1-31(2,3)46-30(40)34-35-47(43,44)21-7-8-22-23(14-21)26(38(41)42)15-27-28(22)19(16-32)17-37(27)29(39)25-13-18-12-20(6-9-24(18)33-25)45-11-10-36(4)5/h6-9,12-15,19,33,35H,10-11,16-17H2,1-5H3,(H,34,40). The van der Waals surface area contributed by atoms with Crippen molar-refractivity contribution in [2.24, 2.45) is 0 Å². The number of hydrogen-bond donors (Lipinski definition) is 3. The van der Waals surface area contributed by atoms with Gasteiger partial charge in [-0.15, -0.1) is 16.4 Å². The van der Waals surface area contributed by atoms with Gasteiger partial charge in [0.2, 0.25) is 0 Å². The molecule has 2 amide bonds. The Bertz CT molecular complexity index is 1990. The molecule has 1 aliphatic heterocycles. The van der Waals surface area contributed by atoms with E-state index in [1.807, 2.05) is 47.5 Å². The number of hydrogen-bond acceptors (Lipinski definition) is 9. The molecule has 4 aromatic rings. The van der Waals surface area contributed by atoms with Gasteiger partial charge in [-0.2, -0.15) is 0 Å². The monoisotopic (exact) mass is 686 g/mol. The minimum absolute atomic E-state index is 0.0331. The summed E-state index contributed by atoms with van der Waals surface area (Å²) in [6.07, 6.45) is -1.02. The zero-order valence-corrected chi connectivity index (χ0v) is 28.0. The van der Waals surface area contributed by atoms with Gasteiger partial charge in [-0.3, -0.25) is 14.9 Å². The van der Waals surface area contributed by atoms with Gasteiger partial charge in [-0.05, 0) is 82.2 Å². The minimum atomic E-state index is -4.35. The molecule has 14 nitrogen and oxygen atoms in total. The van der Waals surface area contributed by atoms with Gasteiger partial charge in [0, 0.05) is 41.9 Å². The van der Waals surface area contributed by atoms with Crippen molar-refractivity contribution in [3.05, 3.63) is 69.9 Å². The maximum Gasteiger partial charge on any atom is 0.423 e. The first-order valence-corrected chi connectivity index (χ1v) is 16.6. The zero-order valence-electron chi connectivity index (χ0n) is 26.4. The molecule has 16 heteroatoms. The van der Waals surface area contributed by atoms with E-state index in [1.165, 1.54) is 23.1 Å². The van der Waals surface area contributed by atoms with Crippen LogP contribution in [0.3, 0.4) is 0 Å². The van der Waals surface area contributed by atoms with Crippen molar-refractivity contribution in [1.29, 1.82) is 0 Å². The number of nitro benzene ring substituents is 1. The maximum atomic E-state index is 13.9. The summed E-state index contributed by atoms with van der Waals surface area (Å²) in [5, 5.41) is 13.5. The van der Waals surface area contributed by atoms with Gasteiger partial charge in [0.1, 0.15) is 23.7 Å². The molecule has 3 N–H and O–H groups in total. The fourth-order valence-electron chi connectivity index (χ4n) is 5.37. The second-order valence-electron chi connectivity index (χ2n) is 12.4. The van der Waals surface area contributed by atoms with Gasteiger partial charge in [0.05, 0.1) is 20.9 Å². The van der Waals surface area contributed by atoms with E-state index in [0.29, 0.717) is 29.0 Å². The summed E-state index contributed by atoms with van der Waals surface area (Å²) < 4.78 is 36.9. The molecule has 1 aliphatic rings. The third-order valence-electron chi connectivity index (χ3n) is 7.46. The first-order chi connectivity index (χ1) is 22.1. The number of amides is 2. The number of alkyl halides is 1. The molecule has 0 fully saturated rings. The molecule has 1 aromatic heterocycles. The molecule has 0 radical (unpaired) electrons. The zero-order chi connectivity index (χ0) is 34.3. The molecule has 0 bridgehead atoms. The van der Waals surface area contributed by atoms with E-state index >= 15 is 0 Å². The van der Waals surface area contributed by atoms with Crippen molar-refractivity contribution in [2.45, 2.75) is 37.2 Å². The first kappa shape index (κ1) is 33.9. The first-order valence-electron chi connectivity index (χ1n) is 14.6. The van der Waals surface area contributed by atoms with Crippen LogP contribution in [-0.4, -0.2) is 80.5 Å². The number of rotatable bonds is 10. The summed E-state index contributed by atoms with van der Waals surface area (Å²) in [7, 11) is -0.450. The van der Waals surface area contributed by atoms with Crippen molar-refractivity contribution in [1.82, 2.24) is 20.1 Å². The lowest BCUT2D eigenvalue weighted by Crippen LogP contribution is -2.44. The number of nitrogens with one attached hydrogen (secondary N) is 3. The molecule has 0 saturated carbocycles. The number of hydrazine groups is 1. The smallest absolute Gasteiger partial charge is 0.423 e. The highest BCUT2D eigenvalue weighted by Crippen LogP contribution is 2.46. The molecule has 5 rings (SSSR count). The topological polar surface area (TPSA) is 176 Å². The van der Waals surface area contributed by atoms with Crippen LogP contribution >= 0.6 is 11.6 Å². The van der Waals surface area contributed by atoms with Crippen LogP contribution in [0.1, 0.15) is 42.7 Å². The second kappa shape index (κ2) is 13.0. The predicted molar refractivity (Wildman–Crippen MR) is 178 cm³/mol. The summed E-state index contributed by atoms with van der Waals surface area (Å²) in [4.78, 5) is 45.8. The molecule has 0 aliphatic carbocycles.